The maximum absolute atomic E-state index is 12.7. The van der Waals surface area contributed by atoms with E-state index in [2.05, 4.69) is 10.3 Å². The molecule has 1 amide bonds. The van der Waals surface area contributed by atoms with E-state index in [0.717, 1.165) is 12.1 Å². The summed E-state index contributed by atoms with van der Waals surface area (Å²) in [7, 11) is 0. The number of nitrogens with zero attached hydrogens (tertiary/aromatic N) is 2. The minimum Gasteiger partial charge on any atom is -1.00 e. The first-order valence-electron chi connectivity index (χ1n) is 7.28. The van der Waals surface area contributed by atoms with Crippen LogP contribution in [-0.2, 0) is 17.5 Å². The Bertz CT molecular complexity index is 866. The summed E-state index contributed by atoms with van der Waals surface area (Å²) in [6.07, 6.45) is 0.155. The SMILES string of the molecule is O=C(C[n+]1ccc(-c2ccco2)nc1)Nc1cccc(C(F)(F)F)c1.[Br-]. The van der Waals surface area contributed by atoms with Crippen LogP contribution < -0.4 is 26.9 Å². The molecule has 0 unspecified atom stereocenters. The zero-order chi connectivity index (χ0) is 17.9. The fraction of sp³-hybridized carbons (Fsp3) is 0.118. The summed E-state index contributed by atoms with van der Waals surface area (Å²) in [5, 5.41) is 2.44. The van der Waals surface area contributed by atoms with Gasteiger partial charge in [0.2, 0.25) is 5.69 Å². The number of carbonyl (C=O) groups excluding carboxylic acids is 1. The van der Waals surface area contributed by atoms with E-state index in [4.69, 9.17) is 4.42 Å². The summed E-state index contributed by atoms with van der Waals surface area (Å²) in [4.78, 5) is 16.2. The van der Waals surface area contributed by atoms with E-state index in [0.29, 0.717) is 11.5 Å². The van der Waals surface area contributed by atoms with E-state index in [9.17, 15) is 18.0 Å². The average Bonchev–Trinajstić information content (AvgIpc) is 3.09. The van der Waals surface area contributed by atoms with Crippen LogP contribution in [0.25, 0.3) is 11.5 Å². The van der Waals surface area contributed by atoms with Gasteiger partial charge >= 0.3 is 6.18 Å². The number of amides is 1. The van der Waals surface area contributed by atoms with Crippen molar-refractivity contribution in [2.75, 3.05) is 5.32 Å². The van der Waals surface area contributed by atoms with Crippen LogP contribution >= 0.6 is 0 Å². The van der Waals surface area contributed by atoms with Crippen molar-refractivity contribution in [3.05, 3.63) is 66.8 Å². The number of benzene rings is 1. The quantitative estimate of drug-likeness (QED) is 0.609. The molecule has 0 bridgehead atoms. The van der Waals surface area contributed by atoms with E-state index in [1.807, 2.05) is 0 Å². The number of halogens is 4. The highest BCUT2D eigenvalue weighted by molar-refractivity contribution is 5.89. The highest BCUT2D eigenvalue weighted by Crippen LogP contribution is 2.30. The highest BCUT2D eigenvalue weighted by Gasteiger charge is 2.30. The standard InChI is InChI=1S/C17H12F3N3O2.BrH/c18-17(19,20)12-3-1-4-13(9-12)22-16(24)10-23-7-6-14(21-11-23)15-5-2-8-25-15;/h1-9,11H,10H2;1H. The predicted octanol–water partition coefficient (Wildman–Crippen LogP) is 0.291. The molecule has 0 saturated carbocycles. The Morgan fingerprint density at radius 2 is 2.00 bits per heavy atom. The van der Waals surface area contributed by atoms with Gasteiger partial charge in [-0.15, -0.1) is 0 Å². The number of carbonyl (C=O) groups is 1. The van der Waals surface area contributed by atoms with E-state index in [1.165, 1.54) is 29.3 Å². The van der Waals surface area contributed by atoms with Gasteiger partial charge in [-0.3, -0.25) is 4.79 Å². The minimum atomic E-state index is -4.46. The Hall–Kier alpha value is -2.68. The van der Waals surface area contributed by atoms with Crippen molar-refractivity contribution >= 4 is 11.6 Å². The van der Waals surface area contributed by atoms with E-state index in [-0.39, 0.29) is 29.2 Å². The number of rotatable bonds is 4. The number of hydrogen-bond donors (Lipinski definition) is 1. The van der Waals surface area contributed by atoms with Crippen LogP contribution in [0.15, 0.2) is 65.7 Å². The molecule has 0 atom stereocenters. The molecule has 9 heteroatoms. The van der Waals surface area contributed by atoms with Crippen LogP contribution in [-0.4, -0.2) is 10.9 Å². The molecule has 0 aliphatic heterocycles. The van der Waals surface area contributed by atoms with Gasteiger partial charge in [0, 0.05) is 11.8 Å². The minimum absolute atomic E-state index is 0. The third-order valence-electron chi connectivity index (χ3n) is 3.34. The lowest BCUT2D eigenvalue weighted by molar-refractivity contribution is -0.686. The smallest absolute Gasteiger partial charge is 0.416 e. The van der Waals surface area contributed by atoms with Gasteiger partial charge in [0.15, 0.2) is 12.3 Å². The van der Waals surface area contributed by atoms with Crippen molar-refractivity contribution in [2.45, 2.75) is 12.7 Å². The number of anilines is 1. The van der Waals surface area contributed by atoms with E-state index >= 15 is 0 Å². The van der Waals surface area contributed by atoms with Gasteiger partial charge in [-0.2, -0.15) is 13.2 Å². The summed E-state index contributed by atoms with van der Waals surface area (Å²) >= 11 is 0. The maximum Gasteiger partial charge on any atom is 0.416 e. The van der Waals surface area contributed by atoms with Crippen molar-refractivity contribution < 1.29 is 43.9 Å². The molecule has 0 aliphatic carbocycles. The Morgan fingerprint density at radius 1 is 1.19 bits per heavy atom. The molecule has 26 heavy (non-hydrogen) atoms. The number of alkyl halides is 3. The normalized spacial score (nSPS) is 10.9. The molecule has 0 fully saturated rings. The second-order valence-corrected chi connectivity index (χ2v) is 5.22. The van der Waals surface area contributed by atoms with Crippen LogP contribution in [0.1, 0.15) is 5.56 Å². The summed E-state index contributed by atoms with van der Waals surface area (Å²) < 4.78 is 44.7. The van der Waals surface area contributed by atoms with Gasteiger partial charge < -0.3 is 26.7 Å². The summed E-state index contributed by atoms with van der Waals surface area (Å²) in [6.45, 7) is -0.0817. The molecule has 3 rings (SSSR count). The molecule has 0 aliphatic rings. The lowest BCUT2D eigenvalue weighted by Crippen LogP contribution is -3.00. The molecule has 136 valence electrons. The average molecular weight is 428 g/mol. The van der Waals surface area contributed by atoms with Gasteiger partial charge in [0.05, 0.1) is 18.0 Å². The van der Waals surface area contributed by atoms with Crippen LogP contribution in [0.5, 0.6) is 0 Å². The van der Waals surface area contributed by atoms with Crippen LogP contribution in [0.2, 0.25) is 0 Å². The number of hydrogen-bond acceptors (Lipinski definition) is 3. The molecule has 5 nitrogen and oxygen atoms in total. The first-order valence-corrected chi connectivity index (χ1v) is 7.28. The third kappa shape index (κ3) is 4.92. The van der Waals surface area contributed by atoms with Gasteiger partial charge in [-0.25, -0.2) is 4.57 Å². The summed E-state index contributed by atoms with van der Waals surface area (Å²) in [5.41, 5.74) is -0.123. The second kappa shape index (κ2) is 8.13. The van der Waals surface area contributed by atoms with Crippen LogP contribution in [0.4, 0.5) is 18.9 Å². The molecule has 3 aromatic rings. The molecule has 0 radical (unpaired) electrons. The van der Waals surface area contributed by atoms with Crippen molar-refractivity contribution in [3.8, 4) is 11.5 Å². The molecular formula is C17H13BrF3N3O2. The Morgan fingerprint density at radius 3 is 2.62 bits per heavy atom. The fourth-order valence-electron chi connectivity index (χ4n) is 2.19. The monoisotopic (exact) mass is 427 g/mol. The summed E-state index contributed by atoms with van der Waals surface area (Å²) in [5.74, 6) is 0.137. The molecule has 0 spiro atoms. The van der Waals surface area contributed by atoms with Crippen molar-refractivity contribution in [2.24, 2.45) is 0 Å². The second-order valence-electron chi connectivity index (χ2n) is 5.22. The first kappa shape index (κ1) is 19.6. The lowest BCUT2D eigenvalue weighted by Gasteiger charge is -2.09. The van der Waals surface area contributed by atoms with Crippen LogP contribution in [0.3, 0.4) is 0 Å². The molecule has 0 saturated heterocycles. The van der Waals surface area contributed by atoms with Gasteiger partial charge in [0.1, 0.15) is 0 Å². The van der Waals surface area contributed by atoms with Crippen molar-refractivity contribution in [1.29, 1.82) is 0 Å². The number of furan rings is 1. The largest absolute Gasteiger partial charge is 1.00 e. The first-order chi connectivity index (χ1) is 11.9. The number of aromatic nitrogens is 2. The van der Waals surface area contributed by atoms with Gasteiger partial charge in [0.25, 0.3) is 12.2 Å². The Kier molecular flexibility index (Phi) is 6.14. The zero-order valence-electron chi connectivity index (χ0n) is 13.2. The third-order valence-corrected chi connectivity index (χ3v) is 3.34. The summed E-state index contributed by atoms with van der Waals surface area (Å²) in [6, 6.07) is 9.65. The number of nitrogens with one attached hydrogen (secondary N) is 1. The molecule has 2 heterocycles. The van der Waals surface area contributed by atoms with Gasteiger partial charge in [-0.1, -0.05) is 6.07 Å². The lowest BCUT2D eigenvalue weighted by atomic mass is 10.2. The van der Waals surface area contributed by atoms with Crippen molar-refractivity contribution in [3.63, 3.8) is 0 Å². The topological polar surface area (TPSA) is 59.0 Å². The van der Waals surface area contributed by atoms with Crippen LogP contribution in [0, 0.1) is 0 Å². The van der Waals surface area contributed by atoms with E-state index in [1.54, 1.807) is 24.4 Å². The highest BCUT2D eigenvalue weighted by atomic mass is 79.9. The molecule has 2 aromatic heterocycles. The van der Waals surface area contributed by atoms with Crippen molar-refractivity contribution in [1.82, 2.24) is 4.98 Å². The fourth-order valence-corrected chi connectivity index (χ4v) is 2.19. The predicted molar refractivity (Wildman–Crippen MR) is 82.2 cm³/mol. The molecule has 1 aromatic carbocycles. The zero-order valence-corrected chi connectivity index (χ0v) is 14.8. The van der Waals surface area contributed by atoms with E-state index < -0.39 is 17.6 Å². The Balaban J connectivity index is 0.00000243. The Labute approximate surface area is 157 Å². The molecule has 1 N–H and O–H groups in total. The van der Waals surface area contributed by atoms with Gasteiger partial charge in [-0.05, 0) is 35.3 Å². The molecular weight excluding hydrogens is 415 g/mol. The maximum atomic E-state index is 12.7.